The van der Waals surface area contributed by atoms with Gasteiger partial charge in [-0.25, -0.2) is 0 Å². The summed E-state index contributed by atoms with van der Waals surface area (Å²) in [6, 6.07) is 10.3. The molecular formula is C21H34N2O4. The van der Waals surface area contributed by atoms with Crippen LogP contribution >= 0.6 is 0 Å². The van der Waals surface area contributed by atoms with Gasteiger partial charge in [-0.2, -0.15) is 0 Å². The summed E-state index contributed by atoms with van der Waals surface area (Å²) in [6.45, 7) is 7.97. The largest absolute Gasteiger partial charge is 0.379 e. The molecule has 152 valence electrons. The van der Waals surface area contributed by atoms with Gasteiger partial charge >= 0.3 is 0 Å². The summed E-state index contributed by atoms with van der Waals surface area (Å²) in [4.78, 5) is 14.3. The zero-order valence-electron chi connectivity index (χ0n) is 16.7. The maximum absolute atomic E-state index is 11.9. The van der Waals surface area contributed by atoms with E-state index in [1.54, 1.807) is 7.05 Å². The molecule has 1 amide bonds. The number of carbonyl (C=O) groups excluding carboxylic acids is 1. The molecule has 1 aliphatic heterocycles. The molecule has 2 atom stereocenters. The summed E-state index contributed by atoms with van der Waals surface area (Å²) < 4.78 is 16.7. The number of nitrogens with one attached hydrogen (secondary N) is 1. The van der Waals surface area contributed by atoms with Crippen molar-refractivity contribution in [2.45, 2.75) is 31.8 Å². The summed E-state index contributed by atoms with van der Waals surface area (Å²) in [5.74, 6) is 0.284. The normalized spacial score (nSPS) is 18.5. The van der Waals surface area contributed by atoms with Crippen LogP contribution in [0.2, 0.25) is 0 Å². The lowest BCUT2D eigenvalue weighted by atomic mass is 9.95. The molecule has 6 heteroatoms. The minimum Gasteiger partial charge on any atom is -0.379 e. The smallest absolute Gasteiger partial charge is 0.220 e. The number of nitrogens with zero attached hydrogens (tertiary/aromatic N) is 1. The van der Waals surface area contributed by atoms with Crippen molar-refractivity contribution in [2.24, 2.45) is 0 Å². The van der Waals surface area contributed by atoms with Gasteiger partial charge in [-0.05, 0) is 18.9 Å². The Morgan fingerprint density at radius 1 is 1.19 bits per heavy atom. The van der Waals surface area contributed by atoms with Crippen LogP contribution in [-0.4, -0.2) is 76.6 Å². The Morgan fingerprint density at radius 3 is 2.67 bits per heavy atom. The van der Waals surface area contributed by atoms with Crippen LogP contribution in [0.4, 0.5) is 0 Å². The minimum absolute atomic E-state index is 0.0834. The van der Waals surface area contributed by atoms with E-state index in [-0.39, 0.29) is 17.9 Å². The second kappa shape index (κ2) is 12.8. The van der Waals surface area contributed by atoms with Gasteiger partial charge in [-0.1, -0.05) is 30.3 Å². The van der Waals surface area contributed by atoms with E-state index in [0.717, 1.165) is 32.7 Å². The van der Waals surface area contributed by atoms with E-state index in [4.69, 9.17) is 14.2 Å². The van der Waals surface area contributed by atoms with Gasteiger partial charge in [-0.3, -0.25) is 4.79 Å². The first-order valence-electron chi connectivity index (χ1n) is 9.97. The predicted molar refractivity (Wildman–Crippen MR) is 106 cm³/mol. The average molecular weight is 379 g/mol. The van der Waals surface area contributed by atoms with Gasteiger partial charge < -0.3 is 24.4 Å². The highest BCUT2D eigenvalue weighted by molar-refractivity contribution is 5.76. The molecule has 6 nitrogen and oxygen atoms in total. The Morgan fingerprint density at radius 2 is 1.93 bits per heavy atom. The van der Waals surface area contributed by atoms with Crippen LogP contribution in [-0.2, 0) is 19.0 Å². The first-order valence-corrected chi connectivity index (χ1v) is 9.97. The summed E-state index contributed by atoms with van der Waals surface area (Å²) in [6.07, 6.45) is 1.79. The Balaban J connectivity index is 1.71. The van der Waals surface area contributed by atoms with Gasteiger partial charge in [0.25, 0.3) is 0 Å². The van der Waals surface area contributed by atoms with E-state index in [0.29, 0.717) is 32.8 Å². The van der Waals surface area contributed by atoms with Crippen molar-refractivity contribution in [2.75, 3.05) is 59.7 Å². The SMILES string of the molecule is CCOCCOCCO[C@H]1CCN(C[C@@H](CC(=O)NC)c2ccccc2)C1. The van der Waals surface area contributed by atoms with Crippen molar-refractivity contribution >= 4 is 5.91 Å². The van der Waals surface area contributed by atoms with Crippen molar-refractivity contribution in [3.8, 4) is 0 Å². The third-order valence-electron chi connectivity index (χ3n) is 4.85. The molecule has 1 aromatic carbocycles. The molecule has 0 aliphatic carbocycles. The van der Waals surface area contributed by atoms with Crippen molar-refractivity contribution in [3.63, 3.8) is 0 Å². The lowest BCUT2D eigenvalue weighted by molar-refractivity contribution is -0.121. The Hall–Kier alpha value is -1.47. The van der Waals surface area contributed by atoms with Gasteiger partial charge in [0.1, 0.15) is 0 Å². The number of likely N-dealkylation sites (tertiary alicyclic amines) is 1. The highest BCUT2D eigenvalue weighted by atomic mass is 16.5. The van der Waals surface area contributed by atoms with Crippen LogP contribution in [0.1, 0.15) is 31.2 Å². The van der Waals surface area contributed by atoms with E-state index in [1.807, 2.05) is 25.1 Å². The van der Waals surface area contributed by atoms with Crippen molar-refractivity contribution < 1.29 is 19.0 Å². The minimum atomic E-state index is 0.0834. The molecule has 1 saturated heterocycles. The first-order chi connectivity index (χ1) is 13.2. The van der Waals surface area contributed by atoms with E-state index >= 15 is 0 Å². The van der Waals surface area contributed by atoms with Gasteiger partial charge in [0.05, 0.1) is 32.5 Å². The fourth-order valence-corrected chi connectivity index (χ4v) is 3.39. The number of carbonyl (C=O) groups is 1. The van der Waals surface area contributed by atoms with Crippen LogP contribution in [0.3, 0.4) is 0 Å². The molecule has 0 radical (unpaired) electrons. The quantitative estimate of drug-likeness (QED) is 0.533. The Labute approximate surface area is 163 Å². The molecule has 0 unspecified atom stereocenters. The fourth-order valence-electron chi connectivity index (χ4n) is 3.39. The molecule has 0 spiro atoms. The fraction of sp³-hybridized carbons (Fsp3) is 0.667. The van der Waals surface area contributed by atoms with Crippen LogP contribution in [0.25, 0.3) is 0 Å². The molecule has 1 aliphatic rings. The first kappa shape index (κ1) is 21.8. The number of amides is 1. The maximum Gasteiger partial charge on any atom is 0.220 e. The van der Waals surface area contributed by atoms with Gasteiger partial charge in [-0.15, -0.1) is 0 Å². The lowest BCUT2D eigenvalue weighted by Crippen LogP contribution is -2.31. The molecule has 0 aromatic heterocycles. The van der Waals surface area contributed by atoms with Gasteiger partial charge in [0, 0.05) is 45.6 Å². The van der Waals surface area contributed by atoms with Gasteiger partial charge in [0.15, 0.2) is 0 Å². The van der Waals surface area contributed by atoms with E-state index in [1.165, 1.54) is 5.56 Å². The summed E-state index contributed by atoms with van der Waals surface area (Å²) in [5.41, 5.74) is 1.22. The number of hydrogen-bond acceptors (Lipinski definition) is 5. The summed E-state index contributed by atoms with van der Waals surface area (Å²) in [5, 5.41) is 2.75. The predicted octanol–water partition coefficient (Wildman–Crippen LogP) is 2.05. The molecule has 2 rings (SSSR count). The summed E-state index contributed by atoms with van der Waals surface area (Å²) in [7, 11) is 1.70. The van der Waals surface area contributed by atoms with Crippen molar-refractivity contribution in [3.05, 3.63) is 35.9 Å². The van der Waals surface area contributed by atoms with Crippen LogP contribution in [0, 0.1) is 0 Å². The summed E-state index contributed by atoms with van der Waals surface area (Å²) >= 11 is 0. The van der Waals surface area contributed by atoms with Crippen LogP contribution in [0.15, 0.2) is 30.3 Å². The highest BCUT2D eigenvalue weighted by Gasteiger charge is 2.26. The van der Waals surface area contributed by atoms with Crippen molar-refractivity contribution in [1.29, 1.82) is 0 Å². The van der Waals surface area contributed by atoms with E-state index < -0.39 is 0 Å². The topological polar surface area (TPSA) is 60.0 Å². The third kappa shape index (κ3) is 8.39. The molecule has 27 heavy (non-hydrogen) atoms. The Kier molecular flexibility index (Phi) is 10.4. The molecule has 0 bridgehead atoms. The molecule has 1 fully saturated rings. The molecule has 1 N–H and O–H groups in total. The zero-order chi connectivity index (χ0) is 19.3. The van der Waals surface area contributed by atoms with Gasteiger partial charge in [0.2, 0.25) is 5.91 Å². The second-order valence-electron chi connectivity index (χ2n) is 6.84. The van der Waals surface area contributed by atoms with Crippen LogP contribution in [0.5, 0.6) is 0 Å². The standard InChI is InChI=1S/C21H34N2O4/c1-3-25-11-12-26-13-14-27-20-9-10-23(17-20)16-19(15-21(24)22-2)18-7-5-4-6-8-18/h4-8,19-20H,3,9-17H2,1-2H3,(H,22,24)/t19-,20+/m1/s1. The van der Waals surface area contributed by atoms with E-state index in [9.17, 15) is 4.79 Å². The molecular weight excluding hydrogens is 344 g/mol. The molecule has 1 aromatic rings. The van der Waals surface area contributed by atoms with Crippen molar-refractivity contribution in [1.82, 2.24) is 10.2 Å². The molecule has 0 saturated carbocycles. The third-order valence-corrected chi connectivity index (χ3v) is 4.85. The van der Waals surface area contributed by atoms with Crippen LogP contribution < -0.4 is 5.32 Å². The monoisotopic (exact) mass is 378 g/mol. The zero-order valence-corrected chi connectivity index (χ0v) is 16.7. The van der Waals surface area contributed by atoms with E-state index in [2.05, 4.69) is 22.3 Å². The lowest BCUT2D eigenvalue weighted by Gasteiger charge is -2.24. The number of rotatable bonds is 13. The number of ether oxygens (including phenoxy) is 3. The number of benzene rings is 1. The average Bonchev–Trinajstić information content (AvgIpc) is 3.14. The number of hydrogen-bond donors (Lipinski definition) is 1. The molecule has 1 heterocycles. The Bertz CT molecular complexity index is 526. The second-order valence-corrected chi connectivity index (χ2v) is 6.84. The maximum atomic E-state index is 11.9. The highest BCUT2D eigenvalue weighted by Crippen LogP contribution is 2.23.